The summed E-state index contributed by atoms with van der Waals surface area (Å²) in [5.41, 5.74) is -3.10. The number of hydrogen-bond donors (Lipinski definition) is 1. The highest BCUT2D eigenvalue weighted by molar-refractivity contribution is 6.30. The summed E-state index contributed by atoms with van der Waals surface area (Å²) in [6, 6.07) is 5.43. The molecule has 130 valence electrons. The molecule has 0 aromatic heterocycles. The van der Waals surface area contributed by atoms with Crippen LogP contribution in [0.5, 0.6) is 0 Å². The van der Waals surface area contributed by atoms with Gasteiger partial charge in [0.05, 0.1) is 5.92 Å². The second kappa shape index (κ2) is 5.74. The lowest BCUT2D eigenvalue weighted by Gasteiger charge is -2.39. The van der Waals surface area contributed by atoms with Crippen molar-refractivity contribution in [2.45, 2.75) is 38.1 Å². The molecule has 1 aromatic carbocycles. The summed E-state index contributed by atoms with van der Waals surface area (Å²) in [5, 5.41) is 14.9. The Morgan fingerprint density at radius 1 is 1.38 bits per heavy atom. The molecule has 0 unspecified atom stereocenters. The Labute approximate surface area is 141 Å². The first-order valence-electron chi connectivity index (χ1n) is 7.61. The van der Waals surface area contributed by atoms with E-state index in [9.17, 15) is 23.1 Å². The third-order valence-electron chi connectivity index (χ3n) is 4.67. The highest BCUT2D eigenvalue weighted by atomic mass is 35.5. The minimum absolute atomic E-state index is 0.0156. The number of amides is 1. The van der Waals surface area contributed by atoms with E-state index in [1.54, 1.807) is 0 Å². The fourth-order valence-electron chi connectivity index (χ4n) is 3.33. The molecule has 3 rings (SSSR count). The number of carbonyl (C=O) groups excluding carboxylic acids is 1. The molecule has 4 nitrogen and oxygen atoms in total. The Kier molecular flexibility index (Phi) is 4.12. The third kappa shape index (κ3) is 2.59. The van der Waals surface area contributed by atoms with E-state index in [4.69, 9.17) is 11.6 Å². The lowest BCUT2D eigenvalue weighted by atomic mass is 9.76. The molecule has 0 bridgehead atoms. The van der Waals surface area contributed by atoms with Gasteiger partial charge in [0.2, 0.25) is 0 Å². The molecular weight excluding hydrogens is 345 g/mol. The van der Waals surface area contributed by atoms with Gasteiger partial charge >= 0.3 is 6.18 Å². The lowest BCUT2D eigenvalue weighted by Crippen LogP contribution is -2.61. The van der Waals surface area contributed by atoms with Crippen LogP contribution in [-0.2, 0) is 0 Å². The van der Waals surface area contributed by atoms with Gasteiger partial charge in [-0.2, -0.15) is 23.3 Å². The normalized spacial score (nSPS) is 30.1. The van der Waals surface area contributed by atoms with Crippen LogP contribution in [-0.4, -0.2) is 33.6 Å². The first-order chi connectivity index (χ1) is 11.1. The molecule has 0 radical (unpaired) electrons. The fraction of sp³-hybridized carbons (Fsp3) is 0.500. The van der Waals surface area contributed by atoms with Crippen LogP contribution >= 0.6 is 11.6 Å². The van der Waals surface area contributed by atoms with Crippen LogP contribution in [0.1, 0.15) is 36.5 Å². The maximum Gasteiger partial charge on any atom is 0.439 e. The maximum atomic E-state index is 13.7. The predicted molar refractivity (Wildman–Crippen MR) is 82.6 cm³/mol. The van der Waals surface area contributed by atoms with Gasteiger partial charge in [-0.25, -0.2) is 0 Å². The Balaban J connectivity index is 2.03. The number of rotatable bonds is 1. The van der Waals surface area contributed by atoms with Crippen molar-refractivity contribution in [3.05, 3.63) is 34.9 Å². The van der Waals surface area contributed by atoms with E-state index in [2.05, 4.69) is 5.10 Å². The molecule has 2 aliphatic rings. The van der Waals surface area contributed by atoms with Crippen LogP contribution in [0.4, 0.5) is 13.2 Å². The molecule has 3 atom stereocenters. The second-order valence-electron chi connectivity index (χ2n) is 6.37. The zero-order valence-corrected chi connectivity index (χ0v) is 13.6. The van der Waals surface area contributed by atoms with Crippen LogP contribution in [0, 0.1) is 11.8 Å². The van der Waals surface area contributed by atoms with E-state index < -0.39 is 23.7 Å². The topological polar surface area (TPSA) is 52.9 Å². The number of hydrazone groups is 1. The fourth-order valence-corrected chi connectivity index (χ4v) is 3.45. The van der Waals surface area contributed by atoms with Crippen LogP contribution in [0.2, 0.25) is 5.02 Å². The van der Waals surface area contributed by atoms with Crippen molar-refractivity contribution in [2.75, 3.05) is 0 Å². The molecule has 1 aliphatic carbocycles. The van der Waals surface area contributed by atoms with E-state index in [0.29, 0.717) is 17.9 Å². The van der Waals surface area contributed by atoms with Crippen LogP contribution in [0.25, 0.3) is 0 Å². The van der Waals surface area contributed by atoms with Crippen molar-refractivity contribution >= 4 is 23.2 Å². The van der Waals surface area contributed by atoms with E-state index in [-0.39, 0.29) is 28.6 Å². The Morgan fingerprint density at radius 3 is 2.58 bits per heavy atom. The Hall–Kier alpha value is -1.60. The molecule has 1 aliphatic heterocycles. The smallest absolute Gasteiger partial charge is 0.362 e. The van der Waals surface area contributed by atoms with Crippen molar-refractivity contribution in [1.29, 1.82) is 0 Å². The maximum absolute atomic E-state index is 13.7. The van der Waals surface area contributed by atoms with Gasteiger partial charge in [0.15, 0.2) is 0 Å². The van der Waals surface area contributed by atoms with E-state index >= 15 is 0 Å². The van der Waals surface area contributed by atoms with Crippen molar-refractivity contribution in [3.8, 4) is 0 Å². The number of aliphatic hydroxyl groups is 1. The summed E-state index contributed by atoms with van der Waals surface area (Å²) in [4.78, 5) is 12.6. The number of fused-ring (bicyclic) bond motifs is 1. The molecule has 8 heteroatoms. The summed E-state index contributed by atoms with van der Waals surface area (Å²) in [5.74, 6) is -2.20. The van der Waals surface area contributed by atoms with Crippen molar-refractivity contribution in [1.82, 2.24) is 5.01 Å². The molecule has 1 heterocycles. The van der Waals surface area contributed by atoms with Gasteiger partial charge in [-0.05, 0) is 49.4 Å². The SMILES string of the molecule is C[C@@H]1CCC2=NN(C(=O)c3ccc(Cl)cc3)[C@](O)(C(F)(F)F)[C@@H]2C1. The summed E-state index contributed by atoms with van der Waals surface area (Å²) in [7, 11) is 0. The summed E-state index contributed by atoms with van der Waals surface area (Å²) < 4.78 is 41.1. The number of nitrogens with zero attached hydrogens (tertiary/aromatic N) is 2. The van der Waals surface area contributed by atoms with Gasteiger partial charge in [0.25, 0.3) is 11.6 Å². The predicted octanol–water partition coefficient (Wildman–Crippen LogP) is 3.84. The second-order valence-corrected chi connectivity index (χ2v) is 6.81. The number of hydrogen-bond acceptors (Lipinski definition) is 3. The minimum atomic E-state index is -5.01. The van der Waals surface area contributed by atoms with Gasteiger partial charge in [-0.3, -0.25) is 4.79 Å². The van der Waals surface area contributed by atoms with E-state index in [1.165, 1.54) is 24.3 Å². The Bertz CT molecular complexity index is 690. The van der Waals surface area contributed by atoms with Crippen LogP contribution in [0.3, 0.4) is 0 Å². The first-order valence-corrected chi connectivity index (χ1v) is 7.99. The Morgan fingerprint density at radius 2 is 2.00 bits per heavy atom. The summed E-state index contributed by atoms with van der Waals surface area (Å²) >= 11 is 5.74. The first kappa shape index (κ1) is 17.2. The largest absolute Gasteiger partial charge is 0.439 e. The van der Waals surface area contributed by atoms with Gasteiger partial charge in [-0.15, -0.1) is 0 Å². The molecule has 1 N–H and O–H groups in total. The quantitative estimate of drug-likeness (QED) is 0.827. The molecule has 1 fully saturated rings. The zero-order valence-electron chi connectivity index (χ0n) is 12.8. The number of benzene rings is 1. The summed E-state index contributed by atoms with van der Waals surface area (Å²) in [6.45, 7) is 1.83. The highest BCUT2D eigenvalue weighted by Gasteiger charge is 2.68. The van der Waals surface area contributed by atoms with Gasteiger partial charge < -0.3 is 5.11 Å². The van der Waals surface area contributed by atoms with Crippen molar-refractivity contribution < 1.29 is 23.1 Å². The molecule has 0 saturated heterocycles. The standard InChI is InChI=1S/C16H16ClF3N2O2/c1-9-2-7-13-12(8-9)15(24,16(18,19)20)22(21-13)14(23)10-3-5-11(17)6-4-10/h3-6,9,12,24H,2,7-8H2,1H3/t9-,12-,15-/m1/s1. The molecule has 24 heavy (non-hydrogen) atoms. The van der Waals surface area contributed by atoms with Crippen molar-refractivity contribution in [2.24, 2.45) is 16.9 Å². The van der Waals surface area contributed by atoms with Crippen molar-refractivity contribution in [3.63, 3.8) is 0 Å². The van der Waals surface area contributed by atoms with Crippen LogP contribution < -0.4 is 0 Å². The number of alkyl halides is 3. The number of halogens is 4. The minimum Gasteiger partial charge on any atom is -0.362 e. The zero-order chi connectivity index (χ0) is 17.7. The average molecular weight is 361 g/mol. The third-order valence-corrected chi connectivity index (χ3v) is 4.92. The highest BCUT2D eigenvalue weighted by Crippen LogP contribution is 2.49. The lowest BCUT2D eigenvalue weighted by molar-refractivity contribution is -0.313. The van der Waals surface area contributed by atoms with Gasteiger partial charge in [0, 0.05) is 16.3 Å². The van der Waals surface area contributed by atoms with E-state index in [1.807, 2.05) is 6.92 Å². The molecule has 1 saturated carbocycles. The molecule has 1 amide bonds. The average Bonchev–Trinajstić information content (AvgIpc) is 2.81. The molecule has 1 aromatic rings. The molecule has 0 spiro atoms. The number of carbonyl (C=O) groups is 1. The van der Waals surface area contributed by atoms with Crippen LogP contribution in [0.15, 0.2) is 29.4 Å². The van der Waals surface area contributed by atoms with E-state index in [0.717, 1.165) is 0 Å². The molecular formula is C16H16ClF3N2O2. The van der Waals surface area contributed by atoms with Gasteiger partial charge in [0.1, 0.15) is 0 Å². The summed E-state index contributed by atoms with van der Waals surface area (Å²) in [6.07, 6.45) is -3.85. The van der Waals surface area contributed by atoms with Gasteiger partial charge in [-0.1, -0.05) is 18.5 Å². The monoisotopic (exact) mass is 360 g/mol.